The third kappa shape index (κ3) is 6.95. The van der Waals surface area contributed by atoms with Crippen molar-refractivity contribution < 1.29 is 19.0 Å². The van der Waals surface area contributed by atoms with Gasteiger partial charge in [0.2, 0.25) is 0 Å². The molecule has 1 heterocycles. The summed E-state index contributed by atoms with van der Waals surface area (Å²) in [5.41, 5.74) is 2.06. The number of aliphatic hydroxyl groups is 1. The van der Waals surface area contributed by atoms with E-state index >= 15 is 0 Å². The fraction of sp³-hybridized carbons (Fsp3) is 0.478. The first kappa shape index (κ1) is 22.5. The quantitative estimate of drug-likeness (QED) is 0.618. The van der Waals surface area contributed by atoms with E-state index < -0.39 is 6.10 Å². The first-order valence-corrected chi connectivity index (χ1v) is 10.4. The number of aliphatic hydroxyl groups excluding tert-OH is 1. The summed E-state index contributed by atoms with van der Waals surface area (Å²) in [7, 11) is 3.72. The Morgan fingerprint density at radius 3 is 2.37 bits per heavy atom. The second-order valence-electron chi connectivity index (χ2n) is 7.78. The average molecular weight is 418 g/mol. The minimum absolute atomic E-state index is 0.217. The van der Waals surface area contributed by atoms with Crippen molar-refractivity contribution in [2.75, 3.05) is 53.5 Å². The number of piperazine rings is 1. The van der Waals surface area contributed by atoms with Gasteiger partial charge < -0.3 is 24.8 Å². The van der Waals surface area contributed by atoms with Gasteiger partial charge in [-0.1, -0.05) is 18.2 Å². The molecule has 1 aliphatic heterocycles. The first-order valence-electron chi connectivity index (χ1n) is 10.4. The summed E-state index contributed by atoms with van der Waals surface area (Å²) in [5.74, 6) is 1.03. The van der Waals surface area contributed by atoms with Gasteiger partial charge in [0.25, 0.3) is 0 Å². The lowest BCUT2D eigenvalue weighted by Crippen LogP contribution is -2.47. The molecule has 1 atom stereocenters. The third-order valence-electron chi connectivity index (χ3n) is 5.30. The van der Waals surface area contributed by atoms with Crippen molar-refractivity contribution in [1.82, 2.24) is 15.1 Å². The van der Waals surface area contributed by atoms with Gasteiger partial charge in [-0.05, 0) is 42.4 Å². The van der Waals surface area contributed by atoms with E-state index in [4.69, 9.17) is 9.47 Å². The number of β-amino-alcohol motifs (C(OH)–C–C–N with tert-alkyl or cyclic N) is 1. The molecule has 0 bridgehead atoms. The molecular formula is C23H32FN3O3. The highest BCUT2D eigenvalue weighted by molar-refractivity contribution is 5.43. The minimum atomic E-state index is -0.557. The number of ether oxygens (including phenoxy) is 2. The molecule has 0 spiro atoms. The normalized spacial score (nSPS) is 16.4. The molecule has 1 saturated heterocycles. The molecule has 3 rings (SSSR count). The van der Waals surface area contributed by atoms with E-state index in [0.29, 0.717) is 31.1 Å². The second-order valence-corrected chi connectivity index (χ2v) is 7.78. The maximum absolute atomic E-state index is 13.0. The Hall–Kier alpha value is -2.19. The number of halogens is 1. The van der Waals surface area contributed by atoms with Crippen LogP contribution in [0.25, 0.3) is 0 Å². The van der Waals surface area contributed by atoms with Crippen LogP contribution in [0.15, 0.2) is 42.5 Å². The number of benzene rings is 2. The van der Waals surface area contributed by atoms with E-state index in [1.165, 1.54) is 12.1 Å². The highest BCUT2D eigenvalue weighted by Gasteiger charge is 2.18. The van der Waals surface area contributed by atoms with E-state index in [2.05, 4.69) is 22.2 Å². The Labute approximate surface area is 178 Å². The van der Waals surface area contributed by atoms with Gasteiger partial charge in [0.05, 0.1) is 7.11 Å². The number of likely N-dealkylation sites (N-methyl/N-ethyl adjacent to an activating group) is 1. The van der Waals surface area contributed by atoms with Crippen LogP contribution < -0.4 is 14.8 Å². The zero-order valence-corrected chi connectivity index (χ0v) is 17.8. The smallest absolute Gasteiger partial charge is 0.161 e. The van der Waals surface area contributed by atoms with Gasteiger partial charge in [-0.15, -0.1) is 0 Å². The second kappa shape index (κ2) is 11.3. The summed E-state index contributed by atoms with van der Waals surface area (Å²) in [5, 5.41) is 13.7. The molecular weight excluding hydrogens is 385 g/mol. The number of nitrogens with zero attached hydrogens (tertiary/aromatic N) is 2. The lowest BCUT2D eigenvalue weighted by atomic mass is 10.2. The summed E-state index contributed by atoms with van der Waals surface area (Å²) in [6, 6.07) is 12.2. The Morgan fingerprint density at radius 1 is 1.00 bits per heavy atom. The van der Waals surface area contributed by atoms with Crippen LogP contribution in [0.3, 0.4) is 0 Å². The minimum Gasteiger partial charge on any atom is -0.493 e. The molecule has 1 aliphatic rings. The number of nitrogens with one attached hydrogen (secondary N) is 1. The molecule has 2 N–H and O–H groups in total. The largest absolute Gasteiger partial charge is 0.493 e. The average Bonchev–Trinajstić information content (AvgIpc) is 2.75. The topological polar surface area (TPSA) is 57.2 Å². The number of rotatable bonds is 10. The SMILES string of the molecule is COc1ccc(CNCc2ccc(F)cc2)cc1OC[C@@H](O)CN1CCN(C)CC1. The molecule has 0 amide bonds. The van der Waals surface area contributed by atoms with Crippen LogP contribution in [0.2, 0.25) is 0 Å². The van der Waals surface area contributed by atoms with Crippen LogP contribution >= 0.6 is 0 Å². The summed E-state index contributed by atoms with van der Waals surface area (Å²) in [6.07, 6.45) is -0.557. The van der Waals surface area contributed by atoms with Gasteiger partial charge in [0.15, 0.2) is 11.5 Å². The maximum atomic E-state index is 13.0. The van der Waals surface area contributed by atoms with Crippen LogP contribution in [0.1, 0.15) is 11.1 Å². The summed E-state index contributed by atoms with van der Waals surface area (Å²) in [6.45, 7) is 6.08. The van der Waals surface area contributed by atoms with Gasteiger partial charge in [0.1, 0.15) is 18.5 Å². The summed E-state index contributed by atoms with van der Waals surface area (Å²) >= 11 is 0. The van der Waals surface area contributed by atoms with E-state index in [-0.39, 0.29) is 12.4 Å². The molecule has 0 radical (unpaired) electrons. The van der Waals surface area contributed by atoms with Gasteiger partial charge in [-0.25, -0.2) is 4.39 Å². The van der Waals surface area contributed by atoms with Gasteiger partial charge >= 0.3 is 0 Å². The predicted octanol–water partition coefficient (Wildman–Crippen LogP) is 2.11. The van der Waals surface area contributed by atoms with Crippen LogP contribution in [-0.2, 0) is 13.1 Å². The molecule has 2 aromatic rings. The Morgan fingerprint density at radius 2 is 1.67 bits per heavy atom. The zero-order valence-electron chi connectivity index (χ0n) is 17.8. The van der Waals surface area contributed by atoms with E-state index in [0.717, 1.165) is 37.3 Å². The summed E-state index contributed by atoms with van der Waals surface area (Å²) < 4.78 is 24.3. The van der Waals surface area contributed by atoms with Crippen LogP contribution in [-0.4, -0.2) is 74.5 Å². The van der Waals surface area contributed by atoms with E-state index in [9.17, 15) is 9.50 Å². The van der Waals surface area contributed by atoms with Crippen molar-refractivity contribution in [3.8, 4) is 11.5 Å². The predicted molar refractivity (Wildman–Crippen MR) is 115 cm³/mol. The molecule has 2 aromatic carbocycles. The molecule has 164 valence electrons. The van der Waals surface area contributed by atoms with Crippen molar-refractivity contribution >= 4 is 0 Å². The maximum Gasteiger partial charge on any atom is 0.161 e. The lowest BCUT2D eigenvalue weighted by Gasteiger charge is -2.33. The highest BCUT2D eigenvalue weighted by Crippen LogP contribution is 2.28. The fourth-order valence-corrected chi connectivity index (χ4v) is 3.46. The van der Waals surface area contributed by atoms with Crippen molar-refractivity contribution in [3.05, 3.63) is 59.4 Å². The van der Waals surface area contributed by atoms with Gasteiger partial charge in [0, 0.05) is 45.8 Å². The number of hydrogen-bond donors (Lipinski definition) is 2. The number of methoxy groups -OCH3 is 1. The van der Waals surface area contributed by atoms with E-state index in [1.54, 1.807) is 19.2 Å². The zero-order chi connectivity index (χ0) is 21.3. The van der Waals surface area contributed by atoms with Gasteiger partial charge in [-0.3, -0.25) is 4.90 Å². The van der Waals surface area contributed by atoms with Crippen molar-refractivity contribution in [1.29, 1.82) is 0 Å². The highest BCUT2D eigenvalue weighted by atomic mass is 19.1. The molecule has 6 nitrogen and oxygen atoms in total. The van der Waals surface area contributed by atoms with Crippen molar-refractivity contribution in [2.45, 2.75) is 19.2 Å². The molecule has 0 aliphatic carbocycles. The standard InChI is InChI=1S/C23H32FN3O3/c1-26-9-11-27(12-10-26)16-21(28)17-30-23-13-19(5-8-22(23)29-2)15-25-14-18-3-6-20(24)7-4-18/h3-8,13,21,25,28H,9-12,14-17H2,1-2H3/t21-/m0/s1. The molecule has 7 heteroatoms. The third-order valence-corrected chi connectivity index (χ3v) is 5.30. The Balaban J connectivity index is 1.49. The van der Waals surface area contributed by atoms with E-state index in [1.807, 2.05) is 18.2 Å². The van der Waals surface area contributed by atoms with Crippen molar-refractivity contribution in [2.24, 2.45) is 0 Å². The Kier molecular flexibility index (Phi) is 8.45. The Bertz CT molecular complexity index is 780. The van der Waals surface area contributed by atoms with Crippen molar-refractivity contribution in [3.63, 3.8) is 0 Å². The van der Waals surface area contributed by atoms with Crippen LogP contribution in [0, 0.1) is 5.82 Å². The lowest BCUT2D eigenvalue weighted by molar-refractivity contribution is 0.0498. The molecule has 0 aromatic heterocycles. The van der Waals surface area contributed by atoms with Crippen LogP contribution in [0.4, 0.5) is 4.39 Å². The monoisotopic (exact) mass is 417 g/mol. The molecule has 30 heavy (non-hydrogen) atoms. The summed E-state index contributed by atoms with van der Waals surface area (Å²) in [4.78, 5) is 4.56. The molecule has 0 unspecified atom stereocenters. The molecule has 1 fully saturated rings. The fourth-order valence-electron chi connectivity index (χ4n) is 3.46. The van der Waals surface area contributed by atoms with Crippen LogP contribution in [0.5, 0.6) is 11.5 Å². The number of hydrogen-bond acceptors (Lipinski definition) is 6. The molecule has 0 saturated carbocycles. The first-order chi connectivity index (χ1) is 14.5. The van der Waals surface area contributed by atoms with Gasteiger partial charge in [-0.2, -0.15) is 0 Å².